The summed E-state index contributed by atoms with van der Waals surface area (Å²) in [6.45, 7) is 8.71. The molecule has 0 aromatic heterocycles. The fraction of sp³-hybridized carbons (Fsp3) is 0.750. The van der Waals surface area contributed by atoms with Gasteiger partial charge in [-0.25, -0.2) is 13.7 Å². The summed E-state index contributed by atoms with van der Waals surface area (Å²) in [5.41, 5.74) is 1.44. The number of aliphatic imine (C=N–C) groups is 1. The van der Waals surface area contributed by atoms with Crippen molar-refractivity contribution in [2.75, 3.05) is 25.9 Å². The van der Waals surface area contributed by atoms with E-state index in [0.29, 0.717) is 18.4 Å². The van der Waals surface area contributed by atoms with Crippen molar-refractivity contribution < 1.29 is 4.39 Å². The molecule has 6 heteroatoms. The van der Waals surface area contributed by atoms with Crippen LogP contribution in [0.3, 0.4) is 0 Å². The summed E-state index contributed by atoms with van der Waals surface area (Å²) in [5, 5.41) is 3.26. The molecule has 2 heterocycles. The minimum Gasteiger partial charge on any atom is -0.365 e. The molecule has 2 fully saturated rings. The molecule has 0 bridgehead atoms. The zero-order chi connectivity index (χ0) is 18.5. The lowest BCUT2D eigenvalue weighted by Crippen LogP contribution is -2.48. The van der Waals surface area contributed by atoms with Crippen molar-refractivity contribution >= 4 is 17.8 Å². The van der Waals surface area contributed by atoms with Gasteiger partial charge < -0.3 is 10.2 Å². The van der Waals surface area contributed by atoms with Gasteiger partial charge in [0.1, 0.15) is 17.8 Å². The maximum atomic E-state index is 14.4. The molecule has 0 aromatic rings. The summed E-state index contributed by atoms with van der Waals surface area (Å²) in [6, 6.07) is 0.429. The van der Waals surface area contributed by atoms with Gasteiger partial charge in [0.25, 0.3) is 0 Å². The molecule has 26 heavy (non-hydrogen) atoms. The second kappa shape index (κ2) is 9.27. The molecule has 2 unspecified atom stereocenters. The summed E-state index contributed by atoms with van der Waals surface area (Å²) in [7, 11) is 0. The Bertz CT molecular complexity index is 556. The van der Waals surface area contributed by atoms with Crippen LogP contribution in [0.1, 0.15) is 51.9 Å². The van der Waals surface area contributed by atoms with E-state index in [1.807, 2.05) is 6.26 Å². The highest BCUT2D eigenvalue weighted by Gasteiger charge is 2.30. The first-order chi connectivity index (χ1) is 12.6. The van der Waals surface area contributed by atoms with Crippen LogP contribution in [0.2, 0.25) is 0 Å². The second-order valence-corrected chi connectivity index (χ2v) is 8.62. The van der Waals surface area contributed by atoms with E-state index in [1.54, 1.807) is 11.9 Å². The van der Waals surface area contributed by atoms with Gasteiger partial charge in [-0.3, -0.25) is 0 Å². The lowest BCUT2D eigenvalue weighted by atomic mass is 10.1. The first-order valence-electron chi connectivity index (χ1n) is 9.95. The van der Waals surface area contributed by atoms with Gasteiger partial charge in [0.2, 0.25) is 0 Å². The first kappa shape index (κ1) is 19.7. The largest absolute Gasteiger partial charge is 0.365 e. The lowest BCUT2D eigenvalue weighted by molar-refractivity contribution is 0.168. The molecule has 1 saturated carbocycles. The quantitative estimate of drug-likeness (QED) is 0.574. The highest BCUT2D eigenvalue weighted by Crippen LogP contribution is 2.27. The lowest BCUT2D eigenvalue weighted by Gasteiger charge is -2.34. The van der Waals surface area contributed by atoms with Crippen molar-refractivity contribution in [1.29, 1.82) is 0 Å². The minimum atomic E-state index is -0.879. The Morgan fingerprint density at radius 3 is 2.77 bits per heavy atom. The van der Waals surface area contributed by atoms with Crippen molar-refractivity contribution in [2.24, 2.45) is 4.99 Å². The van der Waals surface area contributed by atoms with E-state index < -0.39 is 6.17 Å². The van der Waals surface area contributed by atoms with Crippen LogP contribution < -0.4 is 5.32 Å². The van der Waals surface area contributed by atoms with Crippen LogP contribution in [-0.2, 0) is 0 Å². The zero-order valence-electron chi connectivity index (χ0n) is 16.2. The molecule has 2 aliphatic heterocycles. The first-order valence-corrected chi connectivity index (χ1v) is 11.1. The predicted molar refractivity (Wildman–Crippen MR) is 110 cm³/mol. The van der Waals surface area contributed by atoms with Gasteiger partial charge in [0.05, 0.1) is 6.04 Å². The molecule has 146 valence electrons. The number of halogens is 1. The summed E-state index contributed by atoms with van der Waals surface area (Å²) < 4.78 is 16.5. The molecule has 1 saturated heterocycles. The van der Waals surface area contributed by atoms with Crippen molar-refractivity contribution in [2.45, 2.75) is 70.1 Å². The third-order valence-electron chi connectivity index (χ3n) is 5.86. The van der Waals surface area contributed by atoms with E-state index in [-0.39, 0.29) is 6.04 Å². The molecule has 0 aromatic carbocycles. The zero-order valence-corrected chi connectivity index (χ0v) is 17.0. The van der Waals surface area contributed by atoms with Gasteiger partial charge in [-0.05, 0) is 38.9 Å². The molecule has 0 amide bonds. The maximum absolute atomic E-state index is 14.4. The highest BCUT2D eigenvalue weighted by molar-refractivity contribution is 7.96. The summed E-state index contributed by atoms with van der Waals surface area (Å²) in [5.74, 6) is 1.71. The third-order valence-corrected chi connectivity index (χ3v) is 6.70. The van der Waals surface area contributed by atoms with E-state index in [0.717, 1.165) is 38.2 Å². The van der Waals surface area contributed by atoms with Crippen molar-refractivity contribution in [1.82, 2.24) is 14.5 Å². The van der Waals surface area contributed by atoms with Crippen LogP contribution in [0, 0.1) is 0 Å². The number of nitrogens with zero attached hydrogens (tertiary/aromatic N) is 3. The molecule has 1 aliphatic carbocycles. The van der Waals surface area contributed by atoms with Crippen molar-refractivity contribution in [3.8, 4) is 0 Å². The van der Waals surface area contributed by atoms with Crippen molar-refractivity contribution in [3.05, 3.63) is 24.0 Å². The normalized spacial score (nSPS) is 30.3. The number of alkyl halides is 1. The molecule has 3 aliphatic rings. The van der Waals surface area contributed by atoms with Gasteiger partial charge in [0, 0.05) is 32.1 Å². The molecule has 1 N–H and O–H groups in total. The molecule has 2 atom stereocenters. The SMILES string of the molecule is C=C(N=C1CC=C(C)CCN1C1CCCC1)NC1CCN(SC)CC1F. The Hall–Kier alpha value is -1.01. The number of amidine groups is 1. The average Bonchev–Trinajstić information content (AvgIpc) is 3.09. The number of piperidine rings is 1. The highest BCUT2D eigenvalue weighted by atomic mass is 32.2. The fourth-order valence-corrected chi connectivity index (χ4v) is 4.82. The second-order valence-electron chi connectivity index (χ2n) is 7.74. The third kappa shape index (κ3) is 5.03. The molecular weight excluding hydrogens is 347 g/mol. The number of rotatable bonds is 5. The molecule has 4 nitrogen and oxygen atoms in total. The molecule has 0 spiro atoms. The Kier molecular flexibility index (Phi) is 7.04. The van der Waals surface area contributed by atoms with Gasteiger partial charge in [-0.1, -0.05) is 43.0 Å². The smallest absolute Gasteiger partial charge is 0.134 e. The molecule has 0 radical (unpaired) electrons. The predicted octanol–water partition coefficient (Wildman–Crippen LogP) is 4.12. The standard InChI is InChI=1S/C20H33FN4S/c1-15-8-9-20(25(13-10-15)17-6-4-5-7-17)23-16(2)22-19-11-12-24(26-3)14-18(19)21/h8,17-19,22H,2,4-7,9-14H2,1,3H3. The fourth-order valence-electron chi connectivity index (χ4n) is 4.24. The van der Waals surface area contributed by atoms with E-state index in [1.165, 1.54) is 31.3 Å². The van der Waals surface area contributed by atoms with Crippen LogP contribution in [0.5, 0.6) is 0 Å². The van der Waals surface area contributed by atoms with Gasteiger partial charge in [-0.2, -0.15) is 0 Å². The number of hydrogen-bond donors (Lipinski definition) is 1. The van der Waals surface area contributed by atoms with Gasteiger partial charge in [-0.15, -0.1) is 0 Å². The van der Waals surface area contributed by atoms with Crippen LogP contribution in [0.4, 0.5) is 4.39 Å². The number of nitrogens with one attached hydrogen (secondary N) is 1. The van der Waals surface area contributed by atoms with Crippen LogP contribution >= 0.6 is 11.9 Å². The van der Waals surface area contributed by atoms with Crippen LogP contribution in [0.25, 0.3) is 0 Å². The molecular formula is C20H33FN4S. The minimum absolute atomic E-state index is 0.182. The monoisotopic (exact) mass is 380 g/mol. The van der Waals surface area contributed by atoms with E-state index in [9.17, 15) is 4.39 Å². The van der Waals surface area contributed by atoms with Crippen LogP contribution in [0.15, 0.2) is 29.0 Å². The summed E-state index contributed by atoms with van der Waals surface area (Å²) >= 11 is 1.62. The van der Waals surface area contributed by atoms with E-state index >= 15 is 0 Å². The van der Waals surface area contributed by atoms with Crippen molar-refractivity contribution in [3.63, 3.8) is 0 Å². The van der Waals surface area contributed by atoms with E-state index in [2.05, 4.69) is 34.1 Å². The average molecular weight is 381 g/mol. The number of hydrogen-bond acceptors (Lipinski definition) is 4. The topological polar surface area (TPSA) is 30.9 Å². The Labute approximate surface area is 162 Å². The Morgan fingerprint density at radius 2 is 2.08 bits per heavy atom. The summed E-state index contributed by atoms with van der Waals surface area (Å²) in [6.07, 6.45) is 11.3. The Balaban J connectivity index is 1.65. The van der Waals surface area contributed by atoms with Gasteiger partial charge in [0.15, 0.2) is 0 Å². The molecule has 3 rings (SSSR count). The van der Waals surface area contributed by atoms with Gasteiger partial charge >= 0.3 is 0 Å². The Morgan fingerprint density at radius 1 is 1.31 bits per heavy atom. The summed E-state index contributed by atoms with van der Waals surface area (Å²) in [4.78, 5) is 7.33. The van der Waals surface area contributed by atoms with Crippen LogP contribution in [-0.4, -0.2) is 59.2 Å². The maximum Gasteiger partial charge on any atom is 0.134 e. The van der Waals surface area contributed by atoms with E-state index in [4.69, 9.17) is 4.99 Å².